The molecule has 2 aliphatic rings. The van der Waals surface area contributed by atoms with Crippen molar-refractivity contribution in [3.05, 3.63) is 47.7 Å². The molecule has 5 rings (SSSR count). The van der Waals surface area contributed by atoms with E-state index in [1.165, 1.54) is 12.8 Å². The van der Waals surface area contributed by atoms with Gasteiger partial charge in [0.1, 0.15) is 6.33 Å². The van der Waals surface area contributed by atoms with E-state index >= 15 is 0 Å². The van der Waals surface area contributed by atoms with E-state index in [0.717, 1.165) is 50.3 Å². The Morgan fingerprint density at radius 3 is 2.66 bits per heavy atom. The summed E-state index contributed by atoms with van der Waals surface area (Å²) >= 11 is 0. The Morgan fingerprint density at radius 1 is 1.16 bits per heavy atom. The van der Waals surface area contributed by atoms with E-state index in [9.17, 15) is 4.79 Å². The Balaban J connectivity index is 1.46. The van der Waals surface area contributed by atoms with Crippen LogP contribution in [-0.2, 0) is 6.54 Å². The van der Waals surface area contributed by atoms with E-state index in [1.807, 2.05) is 33.7 Å². The van der Waals surface area contributed by atoms with Crippen molar-refractivity contribution < 1.29 is 9.32 Å². The van der Waals surface area contributed by atoms with Crippen molar-refractivity contribution in [3.63, 3.8) is 0 Å². The fourth-order valence-electron chi connectivity index (χ4n) is 4.61. The van der Waals surface area contributed by atoms with Crippen LogP contribution in [0.3, 0.4) is 0 Å². The Labute approximate surface area is 188 Å². The van der Waals surface area contributed by atoms with E-state index in [2.05, 4.69) is 28.9 Å². The number of amides is 1. The molecule has 32 heavy (non-hydrogen) atoms. The zero-order valence-corrected chi connectivity index (χ0v) is 18.8. The van der Waals surface area contributed by atoms with Gasteiger partial charge in [0.05, 0.1) is 29.5 Å². The van der Waals surface area contributed by atoms with Gasteiger partial charge >= 0.3 is 0 Å². The number of unbranched alkanes of at least 4 members (excludes halogenated alkanes) is 2. The van der Waals surface area contributed by atoms with Crippen molar-refractivity contribution >= 4 is 5.91 Å². The number of imidazole rings is 1. The van der Waals surface area contributed by atoms with Gasteiger partial charge in [0.25, 0.3) is 11.8 Å². The molecule has 0 spiro atoms. The minimum atomic E-state index is -0.0200. The molecule has 4 heterocycles. The summed E-state index contributed by atoms with van der Waals surface area (Å²) in [5.74, 6) is 1.18. The maximum Gasteiger partial charge on any atom is 0.278 e. The summed E-state index contributed by atoms with van der Waals surface area (Å²) in [4.78, 5) is 26.7. The summed E-state index contributed by atoms with van der Waals surface area (Å²) in [5.41, 5.74) is 3.19. The second kappa shape index (κ2) is 8.86. The van der Waals surface area contributed by atoms with E-state index < -0.39 is 0 Å². The molecule has 0 bridgehead atoms. The highest BCUT2D eigenvalue weighted by atomic mass is 16.5. The molecule has 0 N–H and O–H groups in total. The number of hydrogen-bond donors (Lipinski definition) is 0. The lowest BCUT2D eigenvalue weighted by atomic mass is 9.97. The Bertz CT molecular complexity index is 1100. The Hall–Kier alpha value is -3.00. The van der Waals surface area contributed by atoms with Gasteiger partial charge in [-0.2, -0.15) is 4.98 Å². The number of para-hydroxylation sites is 1. The second-order valence-corrected chi connectivity index (χ2v) is 8.67. The fourth-order valence-corrected chi connectivity index (χ4v) is 4.61. The fraction of sp³-hybridized carbons (Fsp3) is 0.500. The number of carbonyl (C=O) groups is 1. The molecule has 0 saturated carbocycles. The van der Waals surface area contributed by atoms with E-state index in [1.54, 1.807) is 6.33 Å². The van der Waals surface area contributed by atoms with Crippen molar-refractivity contribution in [2.24, 2.45) is 0 Å². The number of fused-ring (bicyclic) bond motifs is 5. The molecule has 1 fully saturated rings. The Kier molecular flexibility index (Phi) is 5.78. The first-order valence-corrected chi connectivity index (χ1v) is 11.7. The van der Waals surface area contributed by atoms with Crippen LogP contribution < -0.4 is 0 Å². The average Bonchev–Trinajstić information content (AvgIpc) is 3.40. The molecule has 3 aromatic rings. The van der Waals surface area contributed by atoms with Crippen molar-refractivity contribution in [3.8, 4) is 17.3 Å². The quantitative estimate of drug-likeness (QED) is 0.501. The van der Waals surface area contributed by atoms with Crippen molar-refractivity contribution in [2.75, 3.05) is 19.6 Å². The highest BCUT2D eigenvalue weighted by molar-refractivity contribution is 5.99. The summed E-state index contributed by atoms with van der Waals surface area (Å²) in [6.45, 7) is 7.92. The van der Waals surface area contributed by atoms with Crippen LogP contribution >= 0.6 is 0 Å². The minimum absolute atomic E-state index is 0.0200. The molecule has 1 atom stereocenters. The predicted octanol–water partition coefficient (Wildman–Crippen LogP) is 4.23. The van der Waals surface area contributed by atoms with Gasteiger partial charge in [-0.25, -0.2) is 4.98 Å². The third-order valence-electron chi connectivity index (χ3n) is 6.49. The topological polar surface area (TPSA) is 80.3 Å². The maximum absolute atomic E-state index is 13.0. The molecule has 2 aromatic heterocycles. The van der Waals surface area contributed by atoms with Crippen LogP contribution in [0.25, 0.3) is 17.3 Å². The smallest absolute Gasteiger partial charge is 0.278 e. The summed E-state index contributed by atoms with van der Waals surface area (Å²) in [6, 6.07) is 7.68. The van der Waals surface area contributed by atoms with Crippen molar-refractivity contribution in [2.45, 2.75) is 58.5 Å². The standard InChI is InChI=1S/C24H30N6O2/c1-3-5-12-28(13-6-4-2)15-20-26-23(32-27-20)21-22-19-11-14-29(19)24(31)17-9-7-8-10-18(17)30(22)16-25-21/h7-10,16,19H,3-6,11-15H2,1-2H3. The maximum atomic E-state index is 13.0. The number of carbonyl (C=O) groups excluding carboxylic acids is 1. The highest BCUT2D eigenvalue weighted by Gasteiger charge is 2.42. The molecule has 1 aromatic carbocycles. The molecular formula is C24H30N6O2. The zero-order valence-electron chi connectivity index (χ0n) is 18.8. The van der Waals surface area contributed by atoms with Gasteiger partial charge in [0, 0.05) is 6.54 Å². The molecule has 0 aliphatic carbocycles. The lowest BCUT2D eigenvalue weighted by Gasteiger charge is -2.39. The normalized spacial score (nSPS) is 17.0. The number of nitrogens with zero attached hydrogens (tertiary/aromatic N) is 6. The molecule has 8 nitrogen and oxygen atoms in total. The lowest BCUT2D eigenvalue weighted by molar-refractivity contribution is 0.0461. The van der Waals surface area contributed by atoms with Crippen LogP contribution in [0.1, 0.15) is 73.9 Å². The largest absolute Gasteiger partial charge is 0.332 e. The van der Waals surface area contributed by atoms with E-state index in [0.29, 0.717) is 29.5 Å². The van der Waals surface area contributed by atoms with Gasteiger partial charge in [0.15, 0.2) is 11.5 Å². The van der Waals surface area contributed by atoms with E-state index in [4.69, 9.17) is 9.51 Å². The molecule has 8 heteroatoms. The van der Waals surface area contributed by atoms with Crippen LogP contribution in [-0.4, -0.2) is 55.0 Å². The summed E-state index contributed by atoms with van der Waals surface area (Å²) < 4.78 is 7.70. The molecule has 1 amide bonds. The molecule has 168 valence electrons. The first kappa shape index (κ1) is 20.9. The summed E-state index contributed by atoms with van der Waals surface area (Å²) in [6.07, 6.45) is 7.33. The van der Waals surface area contributed by atoms with Crippen LogP contribution in [0, 0.1) is 0 Å². The van der Waals surface area contributed by atoms with Gasteiger partial charge in [-0.15, -0.1) is 0 Å². The zero-order chi connectivity index (χ0) is 22.1. The van der Waals surface area contributed by atoms with Crippen LogP contribution in [0.5, 0.6) is 0 Å². The SMILES string of the molecule is CCCCN(CCCC)Cc1noc(-c2ncn3c2C2CCN2C(=O)c2ccccc2-3)n1. The predicted molar refractivity (Wildman–Crippen MR) is 120 cm³/mol. The number of aromatic nitrogens is 4. The first-order valence-electron chi connectivity index (χ1n) is 11.7. The third-order valence-corrected chi connectivity index (χ3v) is 6.49. The lowest BCUT2D eigenvalue weighted by Crippen LogP contribution is -2.44. The molecule has 2 aliphatic heterocycles. The summed E-state index contributed by atoms with van der Waals surface area (Å²) in [5, 5.41) is 4.26. The van der Waals surface area contributed by atoms with Crippen molar-refractivity contribution in [1.29, 1.82) is 0 Å². The second-order valence-electron chi connectivity index (χ2n) is 8.67. The van der Waals surface area contributed by atoms with Gasteiger partial charge in [-0.1, -0.05) is 44.0 Å². The average molecular weight is 435 g/mol. The molecule has 0 radical (unpaired) electrons. The first-order chi connectivity index (χ1) is 15.7. The monoisotopic (exact) mass is 434 g/mol. The van der Waals surface area contributed by atoms with Gasteiger partial charge < -0.3 is 9.42 Å². The van der Waals surface area contributed by atoms with Crippen LogP contribution in [0.15, 0.2) is 35.1 Å². The third kappa shape index (κ3) is 3.62. The van der Waals surface area contributed by atoms with Crippen LogP contribution in [0.4, 0.5) is 0 Å². The van der Waals surface area contributed by atoms with E-state index in [-0.39, 0.29) is 11.9 Å². The highest BCUT2D eigenvalue weighted by Crippen LogP contribution is 2.43. The van der Waals surface area contributed by atoms with Gasteiger partial charge in [-0.3, -0.25) is 14.3 Å². The summed E-state index contributed by atoms with van der Waals surface area (Å²) in [7, 11) is 0. The minimum Gasteiger partial charge on any atom is -0.332 e. The number of hydrogen-bond acceptors (Lipinski definition) is 6. The van der Waals surface area contributed by atoms with Gasteiger partial charge in [-0.05, 0) is 44.5 Å². The number of rotatable bonds is 9. The molecule has 1 unspecified atom stereocenters. The Morgan fingerprint density at radius 2 is 1.94 bits per heavy atom. The van der Waals surface area contributed by atoms with Crippen LogP contribution in [0.2, 0.25) is 0 Å². The van der Waals surface area contributed by atoms with Crippen molar-refractivity contribution in [1.82, 2.24) is 29.5 Å². The number of benzene rings is 1. The van der Waals surface area contributed by atoms with Gasteiger partial charge in [0.2, 0.25) is 0 Å². The molecular weight excluding hydrogens is 404 g/mol. The molecule has 1 saturated heterocycles.